The Kier molecular flexibility index (Phi) is 3.72. The third-order valence-electron chi connectivity index (χ3n) is 2.58. The van der Waals surface area contributed by atoms with Gasteiger partial charge in [0.05, 0.1) is 0 Å². The molecule has 13 heavy (non-hydrogen) atoms. The zero-order valence-electron chi connectivity index (χ0n) is 8.92. The van der Waals surface area contributed by atoms with Gasteiger partial charge >= 0.3 is 0 Å². The third kappa shape index (κ3) is 3.35. The summed E-state index contributed by atoms with van der Waals surface area (Å²) in [4.78, 5) is 15.6. The summed E-state index contributed by atoms with van der Waals surface area (Å²) in [7, 11) is 4.08. The lowest BCUT2D eigenvalue weighted by Gasteiger charge is -2.30. The van der Waals surface area contributed by atoms with Crippen LogP contribution in [0.3, 0.4) is 0 Å². The molecular formula is C10H20N2O. The normalized spacial score (nSPS) is 24.2. The molecule has 0 aromatic rings. The molecule has 1 unspecified atom stereocenters. The van der Waals surface area contributed by atoms with Gasteiger partial charge in [0.2, 0.25) is 5.91 Å². The van der Waals surface area contributed by atoms with Gasteiger partial charge in [-0.05, 0) is 26.4 Å². The highest BCUT2D eigenvalue weighted by Crippen LogP contribution is 2.16. The summed E-state index contributed by atoms with van der Waals surface area (Å²) < 4.78 is 0. The SMILES string of the molecule is CC1CCN(CCN(C)C)C(=O)C1. The molecular weight excluding hydrogens is 164 g/mol. The molecule has 0 N–H and O–H groups in total. The van der Waals surface area contributed by atoms with Crippen molar-refractivity contribution in [2.24, 2.45) is 5.92 Å². The van der Waals surface area contributed by atoms with Crippen LogP contribution in [-0.4, -0.2) is 49.4 Å². The minimum Gasteiger partial charge on any atom is -0.341 e. The molecule has 1 atom stereocenters. The number of nitrogens with zero attached hydrogens (tertiary/aromatic N) is 2. The summed E-state index contributed by atoms with van der Waals surface area (Å²) in [5.74, 6) is 0.920. The van der Waals surface area contributed by atoms with E-state index in [0.717, 1.165) is 26.1 Å². The Morgan fingerprint density at radius 1 is 1.54 bits per heavy atom. The zero-order valence-corrected chi connectivity index (χ0v) is 8.92. The number of piperidine rings is 1. The number of likely N-dealkylation sites (tertiary alicyclic amines) is 1. The van der Waals surface area contributed by atoms with E-state index in [4.69, 9.17) is 0 Å². The molecule has 1 heterocycles. The Morgan fingerprint density at radius 2 is 2.23 bits per heavy atom. The van der Waals surface area contributed by atoms with Crippen LogP contribution in [0.25, 0.3) is 0 Å². The van der Waals surface area contributed by atoms with Gasteiger partial charge in [-0.2, -0.15) is 0 Å². The molecule has 1 aliphatic heterocycles. The van der Waals surface area contributed by atoms with Gasteiger partial charge in [-0.25, -0.2) is 0 Å². The molecule has 1 saturated heterocycles. The van der Waals surface area contributed by atoms with Gasteiger partial charge in [0.15, 0.2) is 0 Å². The topological polar surface area (TPSA) is 23.6 Å². The van der Waals surface area contributed by atoms with Crippen LogP contribution < -0.4 is 0 Å². The van der Waals surface area contributed by atoms with E-state index >= 15 is 0 Å². The van der Waals surface area contributed by atoms with Crippen LogP contribution in [0.5, 0.6) is 0 Å². The van der Waals surface area contributed by atoms with Crippen LogP contribution in [0, 0.1) is 5.92 Å². The Balaban J connectivity index is 2.30. The summed E-state index contributed by atoms with van der Waals surface area (Å²) in [5.41, 5.74) is 0. The molecule has 3 nitrogen and oxygen atoms in total. The average molecular weight is 184 g/mol. The van der Waals surface area contributed by atoms with Crippen molar-refractivity contribution in [2.75, 3.05) is 33.7 Å². The highest BCUT2D eigenvalue weighted by Gasteiger charge is 2.22. The summed E-state index contributed by atoms with van der Waals surface area (Å²) in [6.45, 7) is 4.97. The van der Waals surface area contributed by atoms with Crippen molar-refractivity contribution in [3.63, 3.8) is 0 Å². The van der Waals surface area contributed by atoms with Crippen molar-refractivity contribution >= 4 is 5.91 Å². The van der Waals surface area contributed by atoms with Crippen LogP contribution in [0.15, 0.2) is 0 Å². The summed E-state index contributed by atoms with van der Waals surface area (Å²) in [6.07, 6.45) is 1.91. The molecule has 1 amide bonds. The van der Waals surface area contributed by atoms with Crippen molar-refractivity contribution in [3.05, 3.63) is 0 Å². The van der Waals surface area contributed by atoms with E-state index in [1.807, 2.05) is 19.0 Å². The van der Waals surface area contributed by atoms with E-state index in [0.29, 0.717) is 11.8 Å². The van der Waals surface area contributed by atoms with Gasteiger partial charge < -0.3 is 9.80 Å². The van der Waals surface area contributed by atoms with E-state index in [-0.39, 0.29) is 0 Å². The number of likely N-dealkylation sites (N-methyl/N-ethyl adjacent to an activating group) is 1. The first-order valence-corrected chi connectivity index (χ1v) is 5.02. The molecule has 1 aliphatic rings. The monoisotopic (exact) mass is 184 g/mol. The Labute approximate surface area is 80.7 Å². The minimum atomic E-state index is 0.334. The highest BCUT2D eigenvalue weighted by atomic mass is 16.2. The van der Waals surface area contributed by atoms with Gasteiger partial charge in [-0.3, -0.25) is 4.79 Å². The molecule has 0 aromatic carbocycles. The van der Waals surface area contributed by atoms with Gasteiger partial charge in [0.25, 0.3) is 0 Å². The first-order valence-electron chi connectivity index (χ1n) is 5.02. The molecule has 0 bridgehead atoms. The highest BCUT2D eigenvalue weighted by molar-refractivity contribution is 5.77. The molecule has 1 fully saturated rings. The van der Waals surface area contributed by atoms with E-state index in [1.165, 1.54) is 6.42 Å². The fourth-order valence-corrected chi connectivity index (χ4v) is 1.59. The quantitative estimate of drug-likeness (QED) is 0.648. The second kappa shape index (κ2) is 4.61. The van der Waals surface area contributed by atoms with E-state index < -0.39 is 0 Å². The minimum absolute atomic E-state index is 0.334. The van der Waals surface area contributed by atoms with Crippen LogP contribution in [0.2, 0.25) is 0 Å². The number of amides is 1. The summed E-state index contributed by atoms with van der Waals surface area (Å²) in [6, 6.07) is 0. The molecule has 0 aliphatic carbocycles. The third-order valence-corrected chi connectivity index (χ3v) is 2.58. The number of carbonyl (C=O) groups excluding carboxylic acids is 1. The molecule has 0 saturated carbocycles. The number of carbonyl (C=O) groups is 1. The molecule has 0 aromatic heterocycles. The lowest BCUT2D eigenvalue weighted by molar-refractivity contribution is -0.134. The van der Waals surface area contributed by atoms with Crippen LogP contribution in [-0.2, 0) is 4.79 Å². The maximum absolute atomic E-state index is 11.5. The molecule has 1 rings (SSSR count). The number of rotatable bonds is 3. The predicted molar refractivity (Wildman–Crippen MR) is 53.5 cm³/mol. The second-order valence-electron chi connectivity index (χ2n) is 4.28. The summed E-state index contributed by atoms with van der Waals surface area (Å²) in [5, 5.41) is 0. The smallest absolute Gasteiger partial charge is 0.222 e. The lowest BCUT2D eigenvalue weighted by atomic mass is 9.99. The van der Waals surface area contributed by atoms with E-state index in [2.05, 4.69) is 11.8 Å². The zero-order chi connectivity index (χ0) is 9.84. The van der Waals surface area contributed by atoms with Crippen molar-refractivity contribution in [2.45, 2.75) is 19.8 Å². The second-order valence-corrected chi connectivity index (χ2v) is 4.28. The average Bonchev–Trinajstić information content (AvgIpc) is 2.02. The summed E-state index contributed by atoms with van der Waals surface area (Å²) >= 11 is 0. The number of hydrogen-bond donors (Lipinski definition) is 0. The maximum atomic E-state index is 11.5. The van der Waals surface area contributed by atoms with Gasteiger partial charge in [-0.15, -0.1) is 0 Å². The van der Waals surface area contributed by atoms with Crippen LogP contribution >= 0.6 is 0 Å². The first-order chi connectivity index (χ1) is 6.09. The van der Waals surface area contributed by atoms with E-state index in [1.54, 1.807) is 0 Å². The fraction of sp³-hybridized carbons (Fsp3) is 0.900. The van der Waals surface area contributed by atoms with E-state index in [9.17, 15) is 4.79 Å². The molecule has 76 valence electrons. The van der Waals surface area contributed by atoms with Crippen LogP contribution in [0.4, 0.5) is 0 Å². The fourth-order valence-electron chi connectivity index (χ4n) is 1.59. The van der Waals surface area contributed by atoms with Gasteiger partial charge in [0.1, 0.15) is 0 Å². The van der Waals surface area contributed by atoms with Crippen molar-refractivity contribution in [1.29, 1.82) is 0 Å². The molecule has 3 heteroatoms. The van der Waals surface area contributed by atoms with Gasteiger partial charge in [-0.1, -0.05) is 6.92 Å². The first kappa shape index (κ1) is 10.5. The Hall–Kier alpha value is -0.570. The van der Waals surface area contributed by atoms with Crippen molar-refractivity contribution in [3.8, 4) is 0 Å². The standard InChI is InChI=1S/C10H20N2O/c1-9-4-5-12(10(13)8-9)7-6-11(2)3/h9H,4-8H2,1-3H3. The Bertz CT molecular complexity index is 180. The Morgan fingerprint density at radius 3 is 2.77 bits per heavy atom. The number of hydrogen-bond acceptors (Lipinski definition) is 2. The lowest BCUT2D eigenvalue weighted by Crippen LogP contribution is -2.41. The van der Waals surface area contributed by atoms with Gasteiger partial charge in [0, 0.05) is 26.1 Å². The van der Waals surface area contributed by atoms with Crippen LogP contribution in [0.1, 0.15) is 19.8 Å². The maximum Gasteiger partial charge on any atom is 0.222 e. The van der Waals surface area contributed by atoms with Crippen molar-refractivity contribution < 1.29 is 4.79 Å². The van der Waals surface area contributed by atoms with Crippen molar-refractivity contribution in [1.82, 2.24) is 9.80 Å². The molecule has 0 radical (unpaired) electrons. The predicted octanol–water partition coefficient (Wildman–Crippen LogP) is 0.807. The molecule has 0 spiro atoms. The largest absolute Gasteiger partial charge is 0.341 e.